The van der Waals surface area contributed by atoms with Gasteiger partial charge < -0.3 is 15.3 Å². The first-order valence-corrected chi connectivity index (χ1v) is 12.4. The monoisotopic (exact) mass is 537 g/mol. The Hall–Kier alpha value is -4.46. The number of carboxylic acid groups (broad SMARTS) is 1. The second kappa shape index (κ2) is 11.9. The largest absolute Gasteiger partial charge is 0.481 e. The highest BCUT2D eigenvalue weighted by Crippen LogP contribution is 2.33. The quantitative estimate of drug-likeness (QED) is 0.416. The molecule has 39 heavy (non-hydrogen) atoms. The molecule has 11 heteroatoms. The van der Waals surface area contributed by atoms with Crippen molar-refractivity contribution in [1.29, 1.82) is 5.26 Å². The van der Waals surface area contributed by atoms with Gasteiger partial charge in [-0.1, -0.05) is 36.4 Å². The summed E-state index contributed by atoms with van der Waals surface area (Å²) in [5.41, 5.74) is 2.71. The SMILES string of the molecule is N#Cc1ccc(CCNC(=O)C2CCCN2c2cc(-c3ccc(CCC(=O)O)cc3)nc(C(F)(F)F)n2)cc1. The van der Waals surface area contributed by atoms with Gasteiger partial charge in [-0.2, -0.15) is 18.4 Å². The van der Waals surface area contributed by atoms with E-state index in [1.54, 1.807) is 41.3 Å². The molecule has 4 rings (SSSR count). The number of hydrogen-bond donors (Lipinski definition) is 2. The van der Waals surface area contributed by atoms with Gasteiger partial charge >= 0.3 is 12.1 Å². The molecular formula is C28H26F3N5O3. The molecule has 0 saturated carbocycles. The van der Waals surface area contributed by atoms with Crippen LogP contribution < -0.4 is 10.2 Å². The van der Waals surface area contributed by atoms with E-state index in [2.05, 4.69) is 15.3 Å². The number of benzene rings is 2. The van der Waals surface area contributed by atoms with Gasteiger partial charge in [0.15, 0.2) is 0 Å². The molecule has 1 atom stereocenters. The van der Waals surface area contributed by atoms with Crippen LogP contribution in [0.15, 0.2) is 54.6 Å². The highest BCUT2D eigenvalue weighted by atomic mass is 19.4. The van der Waals surface area contributed by atoms with Crippen LogP contribution in [0.3, 0.4) is 0 Å². The number of halogens is 3. The lowest BCUT2D eigenvalue weighted by Gasteiger charge is -2.26. The summed E-state index contributed by atoms with van der Waals surface area (Å²) in [6, 6.07) is 16.4. The van der Waals surface area contributed by atoms with E-state index in [0.29, 0.717) is 49.9 Å². The maximum absolute atomic E-state index is 13.7. The van der Waals surface area contributed by atoms with Crippen molar-refractivity contribution >= 4 is 17.7 Å². The van der Waals surface area contributed by atoms with Crippen molar-refractivity contribution in [3.8, 4) is 17.3 Å². The van der Waals surface area contributed by atoms with Crippen molar-refractivity contribution in [2.45, 2.75) is 44.3 Å². The first kappa shape index (κ1) is 27.6. The summed E-state index contributed by atoms with van der Waals surface area (Å²) in [5, 5.41) is 20.6. The summed E-state index contributed by atoms with van der Waals surface area (Å²) >= 11 is 0. The third kappa shape index (κ3) is 7.10. The highest BCUT2D eigenvalue weighted by Gasteiger charge is 2.38. The second-order valence-corrected chi connectivity index (χ2v) is 9.22. The molecule has 1 amide bonds. The molecule has 202 valence electrons. The molecular weight excluding hydrogens is 511 g/mol. The summed E-state index contributed by atoms with van der Waals surface area (Å²) < 4.78 is 41.2. The Balaban J connectivity index is 1.51. The molecule has 8 nitrogen and oxygen atoms in total. The Morgan fingerprint density at radius 3 is 2.36 bits per heavy atom. The van der Waals surface area contributed by atoms with Crippen LogP contribution in [0.25, 0.3) is 11.3 Å². The fourth-order valence-electron chi connectivity index (χ4n) is 4.46. The van der Waals surface area contributed by atoms with Gasteiger partial charge in [-0.15, -0.1) is 0 Å². The predicted octanol–water partition coefficient (Wildman–Crippen LogP) is 4.38. The molecule has 2 aromatic carbocycles. The Morgan fingerprint density at radius 2 is 1.72 bits per heavy atom. The highest BCUT2D eigenvalue weighted by molar-refractivity contribution is 5.85. The fourth-order valence-corrected chi connectivity index (χ4v) is 4.46. The normalized spacial score (nSPS) is 15.1. The Labute approximate surface area is 223 Å². The van der Waals surface area contributed by atoms with Crippen molar-refractivity contribution in [1.82, 2.24) is 15.3 Å². The minimum absolute atomic E-state index is 0.0204. The Bertz CT molecular complexity index is 1370. The van der Waals surface area contributed by atoms with E-state index in [4.69, 9.17) is 10.4 Å². The molecule has 1 aromatic heterocycles. The molecule has 2 heterocycles. The first-order chi connectivity index (χ1) is 18.6. The molecule has 0 radical (unpaired) electrons. The standard InChI is InChI=1S/C28H26F3N5O3/c29-28(30,31)27-34-22(21-10-7-18(8-11-21)9-12-25(37)38)16-24(35-27)36-15-1-2-23(36)26(39)33-14-13-19-3-5-20(17-32)6-4-19/h3-8,10-11,16,23H,1-2,9,12-15H2,(H,33,39)(H,37,38). The van der Waals surface area contributed by atoms with Crippen LogP contribution in [-0.2, 0) is 28.6 Å². The van der Waals surface area contributed by atoms with Crippen LogP contribution in [0.2, 0.25) is 0 Å². The average Bonchev–Trinajstić information content (AvgIpc) is 3.42. The summed E-state index contributed by atoms with van der Waals surface area (Å²) in [5.74, 6) is -2.51. The second-order valence-electron chi connectivity index (χ2n) is 9.22. The van der Waals surface area contributed by atoms with E-state index < -0.39 is 24.0 Å². The van der Waals surface area contributed by atoms with Gasteiger partial charge in [0.25, 0.3) is 0 Å². The van der Waals surface area contributed by atoms with E-state index in [9.17, 15) is 22.8 Å². The van der Waals surface area contributed by atoms with Crippen molar-refractivity contribution < 1.29 is 27.9 Å². The topological polar surface area (TPSA) is 119 Å². The molecule has 1 aliphatic heterocycles. The number of nitriles is 1. The predicted molar refractivity (Wildman–Crippen MR) is 137 cm³/mol. The van der Waals surface area contributed by atoms with Gasteiger partial charge in [0.2, 0.25) is 11.7 Å². The number of aliphatic carboxylic acids is 1. The third-order valence-electron chi connectivity index (χ3n) is 6.49. The molecule has 0 aliphatic carbocycles. The number of nitrogens with zero attached hydrogens (tertiary/aromatic N) is 4. The number of aromatic nitrogens is 2. The maximum atomic E-state index is 13.7. The molecule has 0 spiro atoms. The lowest BCUT2D eigenvalue weighted by molar-refractivity contribution is -0.144. The van der Waals surface area contributed by atoms with Gasteiger partial charge in [0.1, 0.15) is 11.9 Å². The van der Waals surface area contributed by atoms with Crippen LogP contribution in [0.4, 0.5) is 19.0 Å². The van der Waals surface area contributed by atoms with Crippen LogP contribution in [0, 0.1) is 11.3 Å². The number of nitrogens with one attached hydrogen (secondary N) is 1. The van der Waals surface area contributed by atoms with Crippen LogP contribution in [0.1, 0.15) is 41.8 Å². The lowest BCUT2D eigenvalue weighted by Crippen LogP contribution is -2.44. The number of carbonyl (C=O) groups excluding carboxylic acids is 1. The number of rotatable bonds is 9. The molecule has 1 unspecified atom stereocenters. The minimum atomic E-state index is -4.79. The first-order valence-electron chi connectivity index (χ1n) is 12.4. The lowest BCUT2D eigenvalue weighted by atomic mass is 10.1. The maximum Gasteiger partial charge on any atom is 0.451 e. The molecule has 2 N–H and O–H groups in total. The number of hydrogen-bond acceptors (Lipinski definition) is 6. The van der Waals surface area contributed by atoms with E-state index in [0.717, 1.165) is 11.1 Å². The van der Waals surface area contributed by atoms with E-state index in [1.165, 1.54) is 6.07 Å². The van der Waals surface area contributed by atoms with Gasteiger partial charge in [0, 0.05) is 31.1 Å². The molecule has 0 bridgehead atoms. The van der Waals surface area contributed by atoms with Gasteiger partial charge in [-0.05, 0) is 48.9 Å². The van der Waals surface area contributed by atoms with E-state index in [1.807, 2.05) is 18.2 Å². The fraction of sp³-hybridized carbons (Fsp3) is 0.321. The van der Waals surface area contributed by atoms with Gasteiger partial charge in [-0.25, -0.2) is 9.97 Å². The average molecular weight is 538 g/mol. The van der Waals surface area contributed by atoms with Crippen molar-refractivity contribution in [3.05, 3.63) is 77.1 Å². The molecule has 1 fully saturated rings. The van der Waals surface area contributed by atoms with Crippen molar-refractivity contribution in [3.63, 3.8) is 0 Å². The Morgan fingerprint density at radius 1 is 1.05 bits per heavy atom. The van der Waals surface area contributed by atoms with Crippen molar-refractivity contribution in [2.24, 2.45) is 0 Å². The zero-order valence-corrected chi connectivity index (χ0v) is 20.9. The van der Waals surface area contributed by atoms with E-state index >= 15 is 0 Å². The summed E-state index contributed by atoms with van der Waals surface area (Å²) in [7, 11) is 0. The van der Waals surface area contributed by atoms with Gasteiger partial charge in [-0.3, -0.25) is 9.59 Å². The number of aryl methyl sites for hydroxylation is 1. The number of carboxylic acids is 1. The molecule has 1 aliphatic rings. The number of alkyl halides is 3. The smallest absolute Gasteiger partial charge is 0.451 e. The zero-order chi connectivity index (χ0) is 28.0. The number of anilines is 1. The number of carbonyl (C=O) groups is 2. The van der Waals surface area contributed by atoms with Gasteiger partial charge in [0.05, 0.1) is 17.3 Å². The molecule has 3 aromatic rings. The van der Waals surface area contributed by atoms with E-state index in [-0.39, 0.29) is 23.8 Å². The minimum Gasteiger partial charge on any atom is -0.481 e. The van der Waals surface area contributed by atoms with Crippen molar-refractivity contribution in [2.75, 3.05) is 18.0 Å². The van der Waals surface area contributed by atoms with Crippen LogP contribution in [0.5, 0.6) is 0 Å². The summed E-state index contributed by atoms with van der Waals surface area (Å²) in [6.07, 6.45) is -2.91. The third-order valence-corrected chi connectivity index (χ3v) is 6.49. The van der Waals surface area contributed by atoms with Crippen LogP contribution >= 0.6 is 0 Å². The number of amides is 1. The zero-order valence-electron chi connectivity index (χ0n) is 20.9. The molecule has 1 saturated heterocycles. The summed E-state index contributed by atoms with van der Waals surface area (Å²) in [4.78, 5) is 32.9. The Kier molecular flexibility index (Phi) is 8.44. The van der Waals surface area contributed by atoms with Crippen LogP contribution in [-0.4, -0.2) is 46.1 Å². The summed E-state index contributed by atoms with van der Waals surface area (Å²) in [6.45, 7) is 0.710.